The number of ether oxygens (including phenoxy) is 4. The Bertz CT molecular complexity index is 1950. The van der Waals surface area contributed by atoms with Crippen molar-refractivity contribution in [2.75, 3.05) is 20.7 Å². The van der Waals surface area contributed by atoms with E-state index >= 15 is 9.59 Å². The van der Waals surface area contributed by atoms with Crippen molar-refractivity contribution >= 4 is 17.9 Å². The van der Waals surface area contributed by atoms with Crippen molar-refractivity contribution in [3.05, 3.63) is 53.1 Å². The van der Waals surface area contributed by atoms with Gasteiger partial charge in [0.2, 0.25) is 0 Å². The molecule has 3 aliphatic rings. The van der Waals surface area contributed by atoms with E-state index in [2.05, 4.69) is 128 Å². The molecule has 2 aromatic carbocycles. The first-order valence-corrected chi connectivity index (χ1v) is 27.0. The number of esters is 3. The van der Waals surface area contributed by atoms with Crippen LogP contribution in [0.25, 0.3) is 0 Å². The average Bonchev–Trinajstić information content (AvgIpc) is 3.24. The lowest BCUT2D eigenvalue weighted by Crippen LogP contribution is -2.61. The number of carbonyl (C=O) groups is 3. The van der Waals surface area contributed by atoms with Gasteiger partial charge in [-0.15, -0.1) is 0 Å². The number of rotatable bonds is 18. The molecule has 0 radical (unpaired) electrons. The number of benzene rings is 2. The largest absolute Gasteiger partial charge is 0.507 e. The highest BCUT2D eigenvalue weighted by atomic mass is 16.6. The molecule has 0 aromatic heterocycles. The summed E-state index contributed by atoms with van der Waals surface area (Å²) >= 11 is 0. The first-order chi connectivity index (χ1) is 32.3. The first-order valence-electron chi connectivity index (χ1n) is 27.0. The molecule has 0 bridgehead atoms. The van der Waals surface area contributed by atoms with Crippen LogP contribution in [0.2, 0.25) is 0 Å². The summed E-state index contributed by atoms with van der Waals surface area (Å²) in [5, 5.41) is 11.8. The van der Waals surface area contributed by atoms with Crippen molar-refractivity contribution < 1.29 is 38.4 Å². The maximum atomic E-state index is 15.5. The number of phenolic OH excluding ortho intramolecular Hbond substituents is 1. The summed E-state index contributed by atoms with van der Waals surface area (Å²) in [6, 6.07) is 11.3. The van der Waals surface area contributed by atoms with Gasteiger partial charge >= 0.3 is 17.9 Å². The molecule has 0 amide bonds. The van der Waals surface area contributed by atoms with E-state index in [4.69, 9.17) is 18.9 Å². The second kappa shape index (κ2) is 22.2. The quantitative estimate of drug-likeness (QED) is 0.0670. The molecule has 3 fully saturated rings. The van der Waals surface area contributed by atoms with Gasteiger partial charge in [0.25, 0.3) is 0 Å². The minimum atomic E-state index is -1.65. The van der Waals surface area contributed by atoms with Crippen molar-refractivity contribution in [2.45, 2.75) is 252 Å². The Morgan fingerprint density at radius 3 is 1.50 bits per heavy atom. The van der Waals surface area contributed by atoms with Crippen LogP contribution in [-0.4, -0.2) is 87.9 Å². The van der Waals surface area contributed by atoms with Crippen LogP contribution in [0.3, 0.4) is 0 Å². The van der Waals surface area contributed by atoms with Gasteiger partial charge in [-0.25, -0.2) is 0 Å². The Hall–Kier alpha value is -3.63. The normalized spacial score (nSPS) is 22.3. The third kappa shape index (κ3) is 14.1. The maximum Gasteiger partial charge on any atom is 0.324 e. The molecule has 2 saturated heterocycles. The SMILES string of the molecule is CCC[C@H]1CC[C@H](C(=O)Oc2ccc(OCCCCCCC(Cc3cc(C(C)(C)C)c(O)c(C(C)(C)C)c3)(C(=O)OC3CC(C)(C)N(C)C(C)(C)C3)C(=O)OC3CC(C)(C)N(C)C(C)(C)C3)cc2)CC1. The minimum absolute atomic E-state index is 0.0288. The average molecular weight is 973 g/mol. The fraction of sp³-hybridized carbons (Fsp3) is 0.750. The van der Waals surface area contributed by atoms with Crippen molar-refractivity contribution in [3.63, 3.8) is 0 Å². The third-order valence-electron chi connectivity index (χ3n) is 16.8. The lowest BCUT2D eigenvalue weighted by Gasteiger charge is -2.53. The lowest BCUT2D eigenvalue weighted by atomic mass is 9.73. The van der Waals surface area contributed by atoms with Crippen molar-refractivity contribution in [1.29, 1.82) is 0 Å². The summed E-state index contributed by atoms with van der Waals surface area (Å²) in [5.41, 5.74) is -1.09. The number of piperidine rings is 2. The molecule has 1 saturated carbocycles. The van der Waals surface area contributed by atoms with Crippen LogP contribution < -0.4 is 9.47 Å². The molecule has 0 unspecified atom stereocenters. The van der Waals surface area contributed by atoms with E-state index < -0.39 is 40.4 Å². The molecular formula is C60H96N2O8. The number of aromatic hydroxyl groups is 1. The van der Waals surface area contributed by atoms with Crippen LogP contribution in [0.1, 0.15) is 217 Å². The summed E-state index contributed by atoms with van der Waals surface area (Å²) in [6.07, 6.45) is 11.5. The number of phenols is 1. The Kier molecular flexibility index (Phi) is 18.2. The summed E-state index contributed by atoms with van der Waals surface area (Å²) in [7, 11) is 4.27. The highest BCUT2D eigenvalue weighted by molar-refractivity contribution is 6.00. The summed E-state index contributed by atoms with van der Waals surface area (Å²) in [6.45, 7) is 32.7. The Labute approximate surface area is 424 Å². The Morgan fingerprint density at radius 1 is 0.643 bits per heavy atom. The monoisotopic (exact) mass is 973 g/mol. The first kappa shape index (κ1) is 57.3. The number of hydrogen-bond donors (Lipinski definition) is 1. The molecule has 394 valence electrons. The van der Waals surface area contributed by atoms with Gasteiger partial charge in [-0.3, -0.25) is 24.2 Å². The predicted molar refractivity (Wildman–Crippen MR) is 283 cm³/mol. The molecule has 10 nitrogen and oxygen atoms in total. The van der Waals surface area contributed by atoms with E-state index in [1.54, 1.807) is 12.1 Å². The molecule has 1 N–H and O–H groups in total. The van der Waals surface area contributed by atoms with Crippen LogP contribution in [0.5, 0.6) is 17.2 Å². The van der Waals surface area contributed by atoms with Crippen molar-refractivity contribution in [1.82, 2.24) is 9.80 Å². The molecule has 10 heteroatoms. The second-order valence-electron chi connectivity index (χ2n) is 26.4. The molecule has 0 atom stereocenters. The van der Waals surface area contributed by atoms with E-state index in [1.807, 2.05) is 24.3 Å². The number of unbranched alkanes of at least 4 members (excludes halogenated alkanes) is 3. The number of likely N-dealkylation sites (tertiary alicyclic amines) is 2. The van der Waals surface area contributed by atoms with Gasteiger partial charge in [0.15, 0.2) is 5.41 Å². The van der Waals surface area contributed by atoms with Gasteiger partial charge in [0.1, 0.15) is 29.5 Å². The zero-order chi connectivity index (χ0) is 52.3. The highest BCUT2D eigenvalue weighted by Crippen LogP contribution is 2.46. The van der Waals surface area contributed by atoms with Crippen LogP contribution >= 0.6 is 0 Å². The van der Waals surface area contributed by atoms with Crippen LogP contribution in [0, 0.1) is 17.3 Å². The Morgan fingerprint density at radius 2 is 1.07 bits per heavy atom. The van der Waals surface area contributed by atoms with Gasteiger partial charge in [-0.1, -0.05) is 92.7 Å². The van der Waals surface area contributed by atoms with E-state index in [0.29, 0.717) is 50.2 Å². The molecular weight excluding hydrogens is 877 g/mol. The molecule has 70 heavy (non-hydrogen) atoms. The highest BCUT2D eigenvalue weighted by Gasteiger charge is 2.54. The second-order valence-corrected chi connectivity index (χ2v) is 26.4. The van der Waals surface area contributed by atoms with Gasteiger partial charge < -0.3 is 24.1 Å². The fourth-order valence-corrected chi connectivity index (χ4v) is 12.0. The fourth-order valence-electron chi connectivity index (χ4n) is 12.0. The van der Waals surface area contributed by atoms with Gasteiger partial charge in [0.05, 0.1) is 12.5 Å². The van der Waals surface area contributed by atoms with Gasteiger partial charge in [0, 0.05) is 47.8 Å². The number of hydrogen-bond acceptors (Lipinski definition) is 10. The van der Waals surface area contributed by atoms with E-state index in [9.17, 15) is 9.90 Å². The van der Waals surface area contributed by atoms with Crippen molar-refractivity contribution in [2.24, 2.45) is 17.3 Å². The van der Waals surface area contributed by atoms with E-state index in [-0.39, 0.29) is 52.6 Å². The molecule has 2 heterocycles. The molecule has 5 rings (SSSR count). The molecule has 2 aromatic rings. The summed E-state index contributed by atoms with van der Waals surface area (Å²) in [4.78, 5) is 48.7. The predicted octanol–water partition coefficient (Wildman–Crippen LogP) is 13.4. The molecule has 0 spiro atoms. The number of nitrogens with zero attached hydrogens (tertiary/aromatic N) is 2. The number of carbonyl (C=O) groups excluding carboxylic acids is 3. The lowest BCUT2D eigenvalue weighted by molar-refractivity contribution is -0.188. The van der Waals surface area contributed by atoms with Crippen LogP contribution in [0.4, 0.5) is 0 Å². The topological polar surface area (TPSA) is 115 Å². The van der Waals surface area contributed by atoms with Crippen LogP contribution in [-0.2, 0) is 41.1 Å². The summed E-state index contributed by atoms with van der Waals surface area (Å²) in [5.74, 6) is 1.03. The van der Waals surface area contributed by atoms with Gasteiger partial charge in [-0.05, 0) is 172 Å². The standard InChI is InChI=1S/C60H96N2O8/c1-18-23-41-24-26-43(27-25-41)51(64)68-45-30-28-44(29-31-45)67-33-22-20-19-21-32-60(52(65)69-46-37-56(8,9)61(16)57(10,11)38-46,53(66)70-47-39-58(12,13)62(17)59(14,15)40-47)36-42-34-48(54(2,3)4)50(63)49(35-42)55(5,6)7/h28-31,34-35,41,43,46-47,63H,18-27,32-33,36-40H2,1-17H3/t41-,43-. The molecule has 1 aliphatic carbocycles. The minimum Gasteiger partial charge on any atom is -0.507 e. The summed E-state index contributed by atoms with van der Waals surface area (Å²) < 4.78 is 25.4. The maximum absolute atomic E-state index is 15.5. The smallest absolute Gasteiger partial charge is 0.324 e. The zero-order valence-electron chi connectivity index (χ0n) is 47.0. The Balaban J connectivity index is 1.38. The van der Waals surface area contributed by atoms with E-state index in [0.717, 1.165) is 67.6 Å². The molecule has 2 aliphatic heterocycles. The van der Waals surface area contributed by atoms with E-state index in [1.165, 1.54) is 12.8 Å². The zero-order valence-corrected chi connectivity index (χ0v) is 47.0. The van der Waals surface area contributed by atoms with Gasteiger partial charge in [-0.2, -0.15) is 0 Å². The van der Waals surface area contributed by atoms with Crippen molar-refractivity contribution in [3.8, 4) is 17.2 Å². The van der Waals surface area contributed by atoms with Crippen LogP contribution in [0.15, 0.2) is 36.4 Å². The third-order valence-corrected chi connectivity index (χ3v) is 16.8.